The van der Waals surface area contributed by atoms with Crippen LogP contribution >= 0.6 is 0 Å². The number of benzene rings is 2. The van der Waals surface area contributed by atoms with Crippen LogP contribution in [0.25, 0.3) is 11.3 Å². The van der Waals surface area contributed by atoms with Crippen LogP contribution in [0.4, 0.5) is 0 Å². The third-order valence-electron chi connectivity index (χ3n) is 4.17. The fraction of sp³-hybridized carbons (Fsp3) is 0.150. The van der Waals surface area contributed by atoms with E-state index in [1.54, 1.807) is 25.3 Å². The summed E-state index contributed by atoms with van der Waals surface area (Å²) < 4.78 is 15.7. The number of hydrogen-bond acceptors (Lipinski definition) is 6. The predicted molar refractivity (Wildman–Crippen MR) is 97.8 cm³/mol. The maximum Gasteiger partial charge on any atom is 0.251 e. The van der Waals surface area contributed by atoms with Gasteiger partial charge in [0.2, 0.25) is 6.79 Å². The molecular weight excluding hydrogens is 346 g/mol. The molecule has 2 heterocycles. The molecule has 1 N–H and O–H groups in total. The second-order valence-electron chi connectivity index (χ2n) is 5.87. The molecule has 1 aliphatic heterocycles. The van der Waals surface area contributed by atoms with Gasteiger partial charge in [-0.3, -0.25) is 4.79 Å². The van der Waals surface area contributed by atoms with Crippen molar-refractivity contribution in [1.82, 2.24) is 15.3 Å². The monoisotopic (exact) mass is 363 g/mol. The number of rotatable bonds is 5. The Morgan fingerprint density at radius 3 is 2.70 bits per heavy atom. The summed E-state index contributed by atoms with van der Waals surface area (Å²) in [6.07, 6.45) is 1.49. The summed E-state index contributed by atoms with van der Waals surface area (Å²) in [5.41, 5.74) is 2.94. The minimum atomic E-state index is -0.210. The van der Waals surface area contributed by atoms with Crippen molar-refractivity contribution in [3.8, 4) is 28.5 Å². The Morgan fingerprint density at radius 1 is 1.07 bits per heavy atom. The molecule has 0 radical (unpaired) electrons. The Bertz CT molecular complexity index is 973. The molecule has 0 fully saturated rings. The molecule has 2 aromatic carbocycles. The average molecular weight is 363 g/mol. The number of amides is 1. The summed E-state index contributed by atoms with van der Waals surface area (Å²) in [6, 6.07) is 14.5. The highest BCUT2D eigenvalue weighted by Gasteiger charge is 2.16. The summed E-state index contributed by atoms with van der Waals surface area (Å²) in [6.45, 7) is 0.467. The lowest BCUT2D eigenvalue weighted by molar-refractivity contribution is 0.0950. The number of methoxy groups -OCH3 is 1. The molecule has 136 valence electrons. The molecule has 7 nitrogen and oxygen atoms in total. The third-order valence-corrected chi connectivity index (χ3v) is 4.17. The van der Waals surface area contributed by atoms with Gasteiger partial charge in [0.25, 0.3) is 5.91 Å². The molecule has 0 bridgehead atoms. The van der Waals surface area contributed by atoms with Gasteiger partial charge in [-0.1, -0.05) is 0 Å². The second kappa shape index (κ2) is 7.33. The SMILES string of the molecule is COc1ccc(-c2cc(CNC(=O)c3ccc4c(c3)OCO4)ncn2)cc1. The van der Waals surface area contributed by atoms with Gasteiger partial charge >= 0.3 is 0 Å². The van der Waals surface area contributed by atoms with Crippen molar-refractivity contribution >= 4 is 5.91 Å². The summed E-state index contributed by atoms with van der Waals surface area (Å²) in [5.74, 6) is 1.79. The highest BCUT2D eigenvalue weighted by molar-refractivity contribution is 5.94. The number of ether oxygens (including phenoxy) is 3. The van der Waals surface area contributed by atoms with Crippen molar-refractivity contribution in [3.63, 3.8) is 0 Å². The summed E-state index contributed by atoms with van der Waals surface area (Å²) in [4.78, 5) is 20.9. The van der Waals surface area contributed by atoms with Crippen LogP contribution in [-0.2, 0) is 6.54 Å². The molecule has 7 heteroatoms. The van der Waals surface area contributed by atoms with E-state index in [-0.39, 0.29) is 12.7 Å². The quantitative estimate of drug-likeness (QED) is 0.751. The zero-order chi connectivity index (χ0) is 18.6. The van der Waals surface area contributed by atoms with Gasteiger partial charge in [0.1, 0.15) is 12.1 Å². The van der Waals surface area contributed by atoms with E-state index in [4.69, 9.17) is 14.2 Å². The molecule has 3 aromatic rings. The second-order valence-corrected chi connectivity index (χ2v) is 5.87. The largest absolute Gasteiger partial charge is 0.497 e. The Labute approximate surface area is 155 Å². The highest BCUT2D eigenvalue weighted by atomic mass is 16.7. The molecule has 1 amide bonds. The first-order valence-corrected chi connectivity index (χ1v) is 8.36. The first-order chi connectivity index (χ1) is 13.2. The van der Waals surface area contributed by atoms with Gasteiger partial charge in [0.15, 0.2) is 11.5 Å². The zero-order valence-electron chi connectivity index (χ0n) is 14.6. The molecule has 0 saturated heterocycles. The topological polar surface area (TPSA) is 82.6 Å². The fourth-order valence-corrected chi connectivity index (χ4v) is 2.72. The van der Waals surface area contributed by atoms with Gasteiger partial charge < -0.3 is 19.5 Å². The number of hydrogen-bond donors (Lipinski definition) is 1. The van der Waals surface area contributed by atoms with Gasteiger partial charge in [0, 0.05) is 11.1 Å². The molecule has 1 aromatic heterocycles. The number of carbonyl (C=O) groups is 1. The van der Waals surface area contributed by atoms with Crippen LogP contribution in [0.1, 0.15) is 16.1 Å². The summed E-state index contributed by atoms with van der Waals surface area (Å²) >= 11 is 0. The molecule has 0 aliphatic carbocycles. The molecule has 27 heavy (non-hydrogen) atoms. The number of nitrogens with zero attached hydrogens (tertiary/aromatic N) is 2. The van der Waals surface area contributed by atoms with Crippen LogP contribution in [0.15, 0.2) is 54.9 Å². The van der Waals surface area contributed by atoms with E-state index in [9.17, 15) is 4.79 Å². The number of fused-ring (bicyclic) bond motifs is 1. The molecule has 0 atom stereocenters. The maximum atomic E-state index is 12.4. The molecule has 0 saturated carbocycles. The van der Waals surface area contributed by atoms with E-state index in [0.717, 1.165) is 17.0 Å². The van der Waals surface area contributed by atoms with E-state index >= 15 is 0 Å². The van der Waals surface area contributed by atoms with E-state index in [1.807, 2.05) is 30.3 Å². The van der Waals surface area contributed by atoms with Crippen molar-refractivity contribution in [2.45, 2.75) is 6.54 Å². The van der Waals surface area contributed by atoms with Crippen LogP contribution in [0, 0.1) is 0 Å². The lowest BCUT2D eigenvalue weighted by Crippen LogP contribution is -2.23. The van der Waals surface area contributed by atoms with E-state index in [0.29, 0.717) is 29.3 Å². The zero-order valence-corrected chi connectivity index (χ0v) is 14.6. The minimum Gasteiger partial charge on any atom is -0.497 e. The first-order valence-electron chi connectivity index (χ1n) is 8.36. The Balaban J connectivity index is 1.44. The predicted octanol–water partition coefficient (Wildman–Crippen LogP) is 2.81. The van der Waals surface area contributed by atoms with Gasteiger partial charge in [-0.25, -0.2) is 9.97 Å². The van der Waals surface area contributed by atoms with Crippen molar-refractivity contribution < 1.29 is 19.0 Å². The normalized spacial score (nSPS) is 11.9. The van der Waals surface area contributed by atoms with Crippen molar-refractivity contribution in [1.29, 1.82) is 0 Å². The Hall–Kier alpha value is -3.61. The number of nitrogens with one attached hydrogen (secondary N) is 1. The molecular formula is C20H17N3O4. The summed E-state index contributed by atoms with van der Waals surface area (Å²) in [5, 5.41) is 2.86. The van der Waals surface area contributed by atoms with Crippen molar-refractivity contribution in [3.05, 3.63) is 66.1 Å². The van der Waals surface area contributed by atoms with Gasteiger partial charge in [-0.2, -0.15) is 0 Å². The number of carbonyl (C=O) groups excluding carboxylic acids is 1. The van der Waals surface area contributed by atoms with Gasteiger partial charge in [-0.15, -0.1) is 0 Å². The third kappa shape index (κ3) is 3.67. The van der Waals surface area contributed by atoms with Crippen molar-refractivity contribution in [2.24, 2.45) is 0 Å². The van der Waals surface area contributed by atoms with Crippen LogP contribution in [-0.4, -0.2) is 29.8 Å². The Morgan fingerprint density at radius 2 is 1.89 bits per heavy atom. The average Bonchev–Trinajstić information content (AvgIpc) is 3.20. The molecule has 0 unspecified atom stereocenters. The van der Waals surface area contributed by atoms with Crippen LogP contribution in [0.3, 0.4) is 0 Å². The smallest absolute Gasteiger partial charge is 0.251 e. The molecule has 1 aliphatic rings. The fourth-order valence-electron chi connectivity index (χ4n) is 2.72. The van der Waals surface area contributed by atoms with E-state index < -0.39 is 0 Å². The highest BCUT2D eigenvalue weighted by Crippen LogP contribution is 2.32. The molecule has 4 rings (SSSR count). The summed E-state index contributed by atoms with van der Waals surface area (Å²) in [7, 11) is 1.63. The minimum absolute atomic E-state index is 0.176. The van der Waals surface area contributed by atoms with Gasteiger partial charge in [-0.05, 0) is 48.5 Å². The Kier molecular flexibility index (Phi) is 4.57. The van der Waals surface area contributed by atoms with Gasteiger partial charge in [0.05, 0.1) is 25.0 Å². The van der Waals surface area contributed by atoms with Crippen LogP contribution in [0.5, 0.6) is 17.2 Å². The first kappa shape index (κ1) is 16.8. The lowest BCUT2D eigenvalue weighted by atomic mass is 10.1. The van der Waals surface area contributed by atoms with Crippen molar-refractivity contribution in [2.75, 3.05) is 13.9 Å². The lowest BCUT2D eigenvalue weighted by Gasteiger charge is -2.07. The standard InChI is InChI=1S/C20H17N3O4/c1-25-16-5-2-13(3-6-16)17-9-15(22-11-23-17)10-21-20(24)14-4-7-18-19(8-14)27-12-26-18/h2-9,11H,10,12H2,1H3,(H,21,24). The van der Waals surface area contributed by atoms with E-state index in [1.165, 1.54) is 6.33 Å². The molecule has 0 spiro atoms. The number of aromatic nitrogens is 2. The van der Waals surface area contributed by atoms with Crippen LogP contribution in [0.2, 0.25) is 0 Å². The maximum absolute atomic E-state index is 12.4. The van der Waals surface area contributed by atoms with Crippen LogP contribution < -0.4 is 19.5 Å². The van der Waals surface area contributed by atoms with E-state index in [2.05, 4.69) is 15.3 Å².